The summed E-state index contributed by atoms with van der Waals surface area (Å²) in [4.78, 5) is 20.9. The van der Waals surface area contributed by atoms with E-state index in [2.05, 4.69) is 174 Å². The van der Waals surface area contributed by atoms with E-state index in [1.807, 2.05) is 66.9 Å². The number of hydrogen-bond acceptors (Lipinski definition) is 5. The van der Waals surface area contributed by atoms with E-state index in [-0.39, 0.29) is 0 Å². The lowest BCUT2D eigenvalue weighted by atomic mass is 9.91. The summed E-state index contributed by atoms with van der Waals surface area (Å²) < 4.78 is 9.18. The fourth-order valence-corrected chi connectivity index (χ4v) is 9.69. The second-order valence-electron chi connectivity index (χ2n) is 17.0. The van der Waals surface area contributed by atoms with Crippen molar-refractivity contribution in [2.45, 2.75) is 0 Å². The SMILES string of the molecule is c1ccc(-c2nc(-c3ccccc3)nc(-c3cc(-c4ccc(-c5ccccc5)c(-c5ccccc5)c4)cnc3-c3ccc4oc5c(ccc6c5c5ccccc5n6-c5ccccc5)c4c3)n2)cc1. The third-order valence-corrected chi connectivity index (χ3v) is 12.9. The van der Waals surface area contributed by atoms with Gasteiger partial charge in [-0.05, 0) is 88.5 Å². The zero-order valence-corrected chi connectivity index (χ0v) is 36.7. The van der Waals surface area contributed by atoms with E-state index in [1.54, 1.807) is 0 Å². The minimum absolute atomic E-state index is 0.527. The average molecular weight is 870 g/mol. The molecule has 0 spiro atoms. The maximum absolute atomic E-state index is 6.86. The minimum atomic E-state index is 0.527. The third kappa shape index (κ3) is 6.74. The van der Waals surface area contributed by atoms with Crippen LogP contribution in [0.25, 0.3) is 128 Å². The quantitative estimate of drug-likeness (QED) is 0.152. The molecule has 68 heavy (non-hydrogen) atoms. The molecule has 0 atom stereocenters. The van der Waals surface area contributed by atoms with Gasteiger partial charge in [0.05, 0.1) is 22.1 Å². The van der Waals surface area contributed by atoms with Crippen molar-refractivity contribution in [2.75, 3.05) is 0 Å². The van der Waals surface area contributed by atoms with Gasteiger partial charge in [0, 0.05) is 55.9 Å². The van der Waals surface area contributed by atoms with E-state index in [0.717, 1.165) is 111 Å². The van der Waals surface area contributed by atoms with E-state index in [9.17, 15) is 0 Å². The second-order valence-corrected chi connectivity index (χ2v) is 17.0. The first kappa shape index (κ1) is 39.1. The van der Waals surface area contributed by atoms with Crippen LogP contribution in [0.2, 0.25) is 0 Å². The zero-order valence-electron chi connectivity index (χ0n) is 36.7. The number of aromatic nitrogens is 5. The van der Waals surface area contributed by atoms with Crippen LogP contribution in [0.15, 0.2) is 241 Å². The molecule has 318 valence electrons. The Labute approximate surface area is 392 Å². The first-order valence-electron chi connectivity index (χ1n) is 22.8. The minimum Gasteiger partial charge on any atom is -0.455 e. The van der Waals surface area contributed by atoms with Gasteiger partial charge in [-0.2, -0.15) is 0 Å². The molecule has 6 nitrogen and oxygen atoms in total. The molecule has 9 aromatic carbocycles. The maximum atomic E-state index is 6.86. The molecule has 0 aliphatic heterocycles. The van der Waals surface area contributed by atoms with Gasteiger partial charge in [0.2, 0.25) is 0 Å². The van der Waals surface area contributed by atoms with Crippen molar-refractivity contribution in [2.24, 2.45) is 0 Å². The van der Waals surface area contributed by atoms with Crippen molar-refractivity contribution < 1.29 is 4.42 Å². The van der Waals surface area contributed by atoms with Gasteiger partial charge in [0.15, 0.2) is 17.5 Å². The lowest BCUT2D eigenvalue weighted by Crippen LogP contribution is -2.02. The van der Waals surface area contributed by atoms with Crippen LogP contribution in [0.1, 0.15) is 0 Å². The van der Waals surface area contributed by atoms with E-state index in [4.69, 9.17) is 24.4 Å². The first-order chi connectivity index (χ1) is 33.7. The molecule has 13 aromatic rings. The van der Waals surface area contributed by atoms with E-state index in [1.165, 1.54) is 0 Å². The summed E-state index contributed by atoms with van der Waals surface area (Å²) in [7, 11) is 0. The van der Waals surface area contributed by atoms with Gasteiger partial charge in [-0.25, -0.2) is 15.0 Å². The molecular weight excluding hydrogens is 831 g/mol. The Morgan fingerprint density at radius 2 is 0.897 bits per heavy atom. The summed E-state index contributed by atoms with van der Waals surface area (Å²) in [5.74, 6) is 1.69. The largest absolute Gasteiger partial charge is 0.455 e. The molecule has 13 rings (SSSR count). The molecular formula is C62H39N5O. The molecule has 0 N–H and O–H groups in total. The van der Waals surface area contributed by atoms with Crippen LogP contribution in [-0.4, -0.2) is 24.5 Å². The Morgan fingerprint density at radius 1 is 0.338 bits per heavy atom. The summed E-state index contributed by atoms with van der Waals surface area (Å²) >= 11 is 0. The number of benzene rings is 9. The van der Waals surface area contributed by atoms with Crippen molar-refractivity contribution in [3.8, 4) is 84.5 Å². The molecule has 0 bridgehead atoms. The molecule has 0 saturated carbocycles. The number of pyridine rings is 1. The summed E-state index contributed by atoms with van der Waals surface area (Å²) in [6.07, 6.45) is 1.97. The Balaban J connectivity index is 1.03. The van der Waals surface area contributed by atoms with Crippen LogP contribution in [0.5, 0.6) is 0 Å². The fraction of sp³-hybridized carbons (Fsp3) is 0. The maximum Gasteiger partial charge on any atom is 0.166 e. The topological polar surface area (TPSA) is 69.6 Å². The normalized spacial score (nSPS) is 11.5. The number of furan rings is 1. The van der Waals surface area contributed by atoms with Crippen LogP contribution >= 0.6 is 0 Å². The monoisotopic (exact) mass is 869 g/mol. The molecule has 4 heterocycles. The highest BCUT2D eigenvalue weighted by Crippen LogP contribution is 2.43. The number of rotatable bonds is 8. The Bertz CT molecular complexity index is 3940. The van der Waals surface area contributed by atoms with Gasteiger partial charge in [-0.1, -0.05) is 170 Å². The molecule has 0 aliphatic carbocycles. The number of para-hydroxylation sites is 2. The Kier molecular flexibility index (Phi) is 9.39. The zero-order chi connectivity index (χ0) is 45.0. The smallest absolute Gasteiger partial charge is 0.166 e. The van der Waals surface area contributed by atoms with Gasteiger partial charge >= 0.3 is 0 Å². The van der Waals surface area contributed by atoms with Gasteiger partial charge in [-0.3, -0.25) is 4.98 Å². The van der Waals surface area contributed by atoms with Crippen LogP contribution in [0.4, 0.5) is 0 Å². The molecule has 0 aliphatic rings. The van der Waals surface area contributed by atoms with E-state index in [0.29, 0.717) is 17.5 Å². The predicted octanol–water partition coefficient (Wildman–Crippen LogP) is 15.9. The second kappa shape index (κ2) is 16.3. The standard InChI is InChI=1S/C62H39N5O/c1-6-18-40(19-7-1)48-32-30-44(36-51(48)41-20-8-2-9-21-41)46-38-53(62-65-60(42-22-10-3-11-23-42)64-61(66-62)43-24-12-4-13-25-43)58(63-39-46)45-31-35-56-52(37-45)49-33-34-55-57(59(49)68-56)50-28-16-17-29-54(50)67(55)47-26-14-5-15-27-47/h1-39H. The molecule has 0 fully saturated rings. The fourth-order valence-electron chi connectivity index (χ4n) is 9.69. The van der Waals surface area contributed by atoms with Gasteiger partial charge in [0.1, 0.15) is 11.2 Å². The first-order valence-corrected chi connectivity index (χ1v) is 22.8. The van der Waals surface area contributed by atoms with Gasteiger partial charge in [0.25, 0.3) is 0 Å². The lowest BCUT2D eigenvalue weighted by Gasteiger charge is -2.15. The van der Waals surface area contributed by atoms with E-state index < -0.39 is 0 Å². The van der Waals surface area contributed by atoms with Crippen LogP contribution < -0.4 is 0 Å². The third-order valence-electron chi connectivity index (χ3n) is 12.9. The summed E-state index contributed by atoms with van der Waals surface area (Å²) in [6, 6.07) is 80.0. The summed E-state index contributed by atoms with van der Waals surface area (Å²) in [6.45, 7) is 0. The lowest BCUT2D eigenvalue weighted by molar-refractivity contribution is 0.673. The molecule has 4 aromatic heterocycles. The van der Waals surface area contributed by atoms with Crippen molar-refractivity contribution in [3.05, 3.63) is 237 Å². The van der Waals surface area contributed by atoms with Crippen LogP contribution in [0.3, 0.4) is 0 Å². The molecule has 0 saturated heterocycles. The Morgan fingerprint density at radius 3 is 1.57 bits per heavy atom. The molecule has 0 amide bonds. The van der Waals surface area contributed by atoms with Crippen LogP contribution in [-0.2, 0) is 0 Å². The number of hydrogen-bond donors (Lipinski definition) is 0. The number of nitrogens with zero attached hydrogens (tertiary/aromatic N) is 5. The van der Waals surface area contributed by atoms with Crippen LogP contribution in [0, 0.1) is 0 Å². The molecule has 0 radical (unpaired) electrons. The predicted molar refractivity (Wildman–Crippen MR) is 277 cm³/mol. The van der Waals surface area contributed by atoms with Crippen molar-refractivity contribution in [3.63, 3.8) is 0 Å². The van der Waals surface area contributed by atoms with Crippen molar-refractivity contribution in [1.82, 2.24) is 24.5 Å². The summed E-state index contributed by atoms with van der Waals surface area (Å²) in [5.41, 5.74) is 15.8. The number of fused-ring (bicyclic) bond motifs is 7. The van der Waals surface area contributed by atoms with Gasteiger partial charge in [-0.15, -0.1) is 0 Å². The Hall–Kier alpha value is -9.26. The molecule has 0 unspecified atom stereocenters. The average Bonchev–Trinajstić information content (AvgIpc) is 3.97. The highest BCUT2D eigenvalue weighted by atomic mass is 16.3. The highest BCUT2D eigenvalue weighted by Gasteiger charge is 2.22. The molecule has 6 heteroatoms. The van der Waals surface area contributed by atoms with E-state index >= 15 is 0 Å². The van der Waals surface area contributed by atoms with Gasteiger partial charge < -0.3 is 8.98 Å². The van der Waals surface area contributed by atoms with Crippen molar-refractivity contribution in [1.29, 1.82) is 0 Å². The highest BCUT2D eigenvalue weighted by molar-refractivity contribution is 6.24. The summed E-state index contributed by atoms with van der Waals surface area (Å²) in [5, 5.41) is 4.26. The van der Waals surface area contributed by atoms with Crippen molar-refractivity contribution >= 4 is 43.7 Å².